The SMILES string of the molecule is O=C(c1ccccc1F)c1c[nH]c2ncc(Cc3cccc(Cl)c3)cc12. The molecule has 26 heavy (non-hydrogen) atoms. The lowest BCUT2D eigenvalue weighted by atomic mass is 10.0. The predicted molar refractivity (Wildman–Crippen MR) is 100 cm³/mol. The van der Waals surface area contributed by atoms with Gasteiger partial charge in [-0.15, -0.1) is 0 Å². The molecule has 5 heteroatoms. The number of benzene rings is 2. The molecule has 2 aromatic heterocycles. The molecule has 2 heterocycles. The van der Waals surface area contributed by atoms with E-state index < -0.39 is 5.82 Å². The van der Waals surface area contributed by atoms with Crippen LogP contribution in [0.2, 0.25) is 5.02 Å². The second-order valence-electron chi connectivity index (χ2n) is 6.06. The van der Waals surface area contributed by atoms with Crippen LogP contribution in [0.25, 0.3) is 11.0 Å². The Morgan fingerprint density at radius 3 is 2.69 bits per heavy atom. The summed E-state index contributed by atoms with van der Waals surface area (Å²) in [5, 5.41) is 1.35. The number of carbonyl (C=O) groups excluding carboxylic acids is 1. The van der Waals surface area contributed by atoms with E-state index in [1.54, 1.807) is 24.5 Å². The highest BCUT2D eigenvalue weighted by molar-refractivity contribution is 6.30. The van der Waals surface area contributed by atoms with Gasteiger partial charge in [-0.05, 0) is 47.9 Å². The second kappa shape index (κ2) is 6.73. The van der Waals surface area contributed by atoms with Gasteiger partial charge in [-0.2, -0.15) is 0 Å². The number of fused-ring (bicyclic) bond motifs is 1. The van der Waals surface area contributed by atoms with Crippen molar-refractivity contribution in [2.75, 3.05) is 0 Å². The summed E-state index contributed by atoms with van der Waals surface area (Å²) >= 11 is 6.04. The molecular formula is C21H14ClFN2O. The molecule has 0 radical (unpaired) electrons. The van der Waals surface area contributed by atoms with Crippen LogP contribution in [-0.4, -0.2) is 15.8 Å². The first-order chi connectivity index (χ1) is 12.6. The summed E-state index contributed by atoms with van der Waals surface area (Å²) in [5.41, 5.74) is 3.05. The number of aromatic nitrogens is 2. The quantitative estimate of drug-likeness (QED) is 0.507. The van der Waals surface area contributed by atoms with E-state index in [9.17, 15) is 9.18 Å². The van der Waals surface area contributed by atoms with E-state index in [0.717, 1.165) is 11.1 Å². The maximum Gasteiger partial charge on any atom is 0.198 e. The summed E-state index contributed by atoms with van der Waals surface area (Å²) < 4.78 is 14.0. The lowest BCUT2D eigenvalue weighted by molar-refractivity contribution is 0.103. The molecule has 0 aliphatic heterocycles. The molecule has 0 spiro atoms. The Morgan fingerprint density at radius 1 is 1.04 bits per heavy atom. The summed E-state index contributed by atoms with van der Waals surface area (Å²) in [6, 6.07) is 15.5. The van der Waals surface area contributed by atoms with Gasteiger partial charge < -0.3 is 4.98 Å². The third-order valence-electron chi connectivity index (χ3n) is 4.25. The van der Waals surface area contributed by atoms with Crippen LogP contribution >= 0.6 is 11.6 Å². The molecule has 1 N–H and O–H groups in total. The van der Waals surface area contributed by atoms with E-state index in [1.165, 1.54) is 12.1 Å². The number of ketones is 1. The van der Waals surface area contributed by atoms with Crippen LogP contribution < -0.4 is 0 Å². The zero-order valence-electron chi connectivity index (χ0n) is 13.7. The summed E-state index contributed by atoms with van der Waals surface area (Å²) in [4.78, 5) is 20.1. The van der Waals surface area contributed by atoms with Crippen molar-refractivity contribution in [1.82, 2.24) is 9.97 Å². The van der Waals surface area contributed by atoms with Gasteiger partial charge in [-0.25, -0.2) is 9.37 Å². The average Bonchev–Trinajstić information content (AvgIpc) is 3.05. The smallest absolute Gasteiger partial charge is 0.198 e. The van der Waals surface area contributed by atoms with Gasteiger partial charge in [0, 0.05) is 28.4 Å². The molecular weight excluding hydrogens is 351 g/mol. The van der Waals surface area contributed by atoms with Crippen molar-refractivity contribution < 1.29 is 9.18 Å². The van der Waals surface area contributed by atoms with Crippen molar-refractivity contribution in [1.29, 1.82) is 0 Å². The second-order valence-corrected chi connectivity index (χ2v) is 6.49. The van der Waals surface area contributed by atoms with Crippen molar-refractivity contribution in [2.45, 2.75) is 6.42 Å². The fourth-order valence-electron chi connectivity index (χ4n) is 3.00. The van der Waals surface area contributed by atoms with Gasteiger partial charge in [-0.3, -0.25) is 4.79 Å². The summed E-state index contributed by atoms with van der Waals surface area (Å²) in [7, 11) is 0. The number of H-pyrrole nitrogens is 1. The van der Waals surface area contributed by atoms with E-state index in [-0.39, 0.29) is 11.3 Å². The Bertz CT molecular complexity index is 1120. The maximum atomic E-state index is 14.0. The van der Waals surface area contributed by atoms with Crippen LogP contribution in [-0.2, 0) is 6.42 Å². The minimum atomic E-state index is -0.533. The first-order valence-corrected chi connectivity index (χ1v) is 8.49. The molecule has 0 saturated heterocycles. The number of rotatable bonds is 4. The molecule has 128 valence electrons. The highest BCUT2D eigenvalue weighted by atomic mass is 35.5. The van der Waals surface area contributed by atoms with Gasteiger partial charge in [0.15, 0.2) is 5.78 Å². The van der Waals surface area contributed by atoms with E-state index in [2.05, 4.69) is 9.97 Å². The molecule has 4 aromatic rings. The minimum Gasteiger partial charge on any atom is -0.345 e. The Labute approximate surface area is 154 Å². The van der Waals surface area contributed by atoms with Gasteiger partial charge in [0.25, 0.3) is 0 Å². The zero-order chi connectivity index (χ0) is 18.1. The van der Waals surface area contributed by atoms with Crippen LogP contribution in [0.15, 0.2) is 67.0 Å². The molecule has 0 aliphatic carbocycles. The molecule has 0 atom stereocenters. The Kier molecular flexibility index (Phi) is 4.27. The van der Waals surface area contributed by atoms with E-state index >= 15 is 0 Å². The van der Waals surface area contributed by atoms with Gasteiger partial charge in [0.1, 0.15) is 11.5 Å². The molecule has 4 rings (SSSR count). The first kappa shape index (κ1) is 16.5. The average molecular weight is 365 g/mol. The highest BCUT2D eigenvalue weighted by Gasteiger charge is 2.18. The van der Waals surface area contributed by atoms with Crippen molar-refractivity contribution in [3.8, 4) is 0 Å². The standard InChI is InChI=1S/C21H14ClFN2O/c22-15-5-3-4-13(9-15)8-14-10-17-18(12-25-21(17)24-11-14)20(26)16-6-1-2-7-19(16)23/h1-7,9-12H,8H2,(H,24,25). The van der Waals surface area contributed by atoms with Crippen molar-refractivity contribution in [3.63, 3.8) is 0 Å². The number of hydrogen-bond donors (Lipinski definition) is 1. The molecule has 0 amide bonds. The number of carbonyl (C=O) groups is 1. The third kappa shape index (κ3) is 3.11. The highest BCUT2D eigenvalue weighted by Crippen LogP contribution is 2.23. The fraction of sp³-hybridized carbons (Fsp3) is 0.0476. The van der Waals surface area contributed by atoms with E-state index in [0.29, 0.717) is 28.0 Å². The summed E-state index contributed by atoms with van der Waals surface area (Å²) in [6.07, 6.45) is 3.98. The zero-order valence-corrected chi connectivity index (χ0v) is 14.4. The molecule has 0 aliphatic rings. The van der Waals surface area contributed by atoms with Gasteiger partial charge in [-0.1, -0.05) is 35.9 Å². The number of nitrogens with one attached hydrogen (secondary N) is 1. The lowest BCUT2D eigenvalue weighted by Gasteiger charge is -2.04. The number of aromatic amines is 1. The van der Waals surface area contributed by atoms with Gasteiger partial charge in [0.2, 0.25) is 0 Å². The fourth-order valence-corrected chi connectivity index (χ4v) is 3.22. The van der Waals surface area contributed by atoms with Gasteiger partial charge >= 0.3 is 0 Å². The van der Waals surface area contributed by atoms with Crippen molar-refractivity contribution in [2.24, 2.45) is 0 Å². The van der Waals surface area contributed by atoms with Crippen LogP contribution in [0.5, 0.6) is 0 Å². The Hall–Kier alpha value is -2.98. The summed E-state index contributed by atoms with van der Waals surface area (Å²) in [5.74, 6) is -0.897. The van der Waals surface area contributed by atoms with E-state index in [1.807, 2.05) is 30.3 Å². The van der Waals surface area contributed by atoms with Crippen LogP contribution in [0.4, 0.5) is 4.39 Å². The molecule has 0 saturated carbocycles. The Balaban J connectivity index is 1.73. The summed E-state index contributed by atoms with van der Waals surface area (Å²) in [6.45, 7) is 0. The van der Waals surface area contributed by atoms with Crippen molar-refractivity contribution >= 4 is 28.4 Å². The molecule has 0 bridgehead atoms. The third-order valence-corrected chi connectivity index (χ3v) is 4.48. The van der Waals surface area contributed by atoms with Gasteiger partial charge in [0.05, 0.1) is 5.56 Å². The molecule has 0 unspecified atom stereocenters. The lowest BCUT2D eigenvalue weighted by Crippen LogP contribution is -2.03. The molecule has 0 fully saturated rings. The number of hydrogen-bond acceptors (Lipinski definition) is 2. The monoisotopic (exact) mass is 364 g/mol. The number of pyridine rings is 1. The van der Waals surface area contributed by atoms with Crippen LogP contribution in [0.1, 0.15) is 27.0 Å². The topological polar surface area (TPSA) is 45.8 Å². The Morgan fingerprint density at radius 2 is 1.88 bits per heavy atom. The minimum absolute atomic E-state index is 0.0497. The van der Waals surface area contributed by atoms with Crippen molar-refractivity contribution in [3.05, 3.63) is 100 Å². The number of nitrogens with zero attached hydrogens (tertiary/aromatic N) is 1. The molecule has 3 nitrogen and oxygen atoms in total. The largest absolute Gasteiger partial charge is 0.345 e. The normalized spacial score (nSPS) is 11.0. The molecule has 2 aromatic carbocycles. The first-order valence-electron chi connectivity index (χ1n) is 8.11. The van der Waals surface area contributed by atoms with Crippen LogP contribution in [0.3, 0.4) is 0 Å². The maximum absolute atomic E-state index is 14.0. The van der Waals surface area contributed by atoms with Crippen LogP contribution in [0, 0.1) is 5.82 Å². The predicted octanol–water partition coefficient (Wildman–Crippen LogP) is 5.18. The van der Waals surface area contributed by atoms with E-state index in [4.69, 9.17) is 11.6 Å². The number of halogens is 2.